The van der Waals surface area contributed by atoms with Gasteiger partial charge in [-0.1, -0.05) is 234 Å². The summed E-state index contributed by atoms with van der Waals surface area (Å²) in [4.78, 5) is 4.53. The molecule has 0 unspecified atom stereocenters. The molecule has 0 atom stereocenters. The molecule has 0 aromatic rings. The quantitative estimate of drug-likeness (QED) is 0.0443. The van der Waals surface area contributed by atoms with Gasteiger partial charge < -0.3 is 43.6 Å². The topological polar surface area (TPSA) is 6.48 Å². The molecule has 0 aliphatic heterocycles. The van der Waals surface area contributed by atoms with Crippen LogP contribution in [0.2, 0.25) is 0 Å². The molecule has 0 bridgehead atoms. The van der Waals surface area contributed by atoms with Crippen LogP contribution in [0.3, 0.4) is 0 Å². The molecule has 0 spiro atoms. The number of rotatable bonds is 46. The minimum atomic E-state index is 0. The highest BCUT2D eigenvalue weighted by molar-refractivity contribution is 5.85. The third kappa shape index (κ3) is 89.8. The predicted octanol–water partition coefficient (Wildman–Crippen LogP) is 13.8. The summed E-state index contributed by atoms with van der Waals surface area (Å²) in [6.45, 7) is 21.7. The number of hydrogen-bond donors (Lipinski definition) is 0. The second-order valence-electron chi connectivity index (χ2n) is 22.4. The Bertz CT molecular complexity index is 736. The smallest absolute Gasteiger partial charge is 0.0782 e. The van der Waals surface area contributed by atoms with Crippen molar-refractivity contribution in [3.63, 3.8) is 0 Å². The van der Waals surface area contributed by atoms with Crippen molar-refractivity contribution in [1.29, 1.82) is 0 Å². The molecule has 4 nitrogen and oxygen atoms in total. The highest BCUT2D eigenvalue weighted by Gasteiger charge is 2.14. The van der Waals surface area contributed by atoms with Crippen molar-refractivity contribution in [1.82, 2.24) is 9.80 Å². The largest absolute Gasteiger partial charge is 1.00 e. The van der Waals surface area contributed by atoms with Crippen molar-refractivity contribution < 1.29 is 33.8 Å². The molecule has 0 saturated heterocycles. The summed E-state index contributed by atoms with van der Waals surface area (Å²) >= 11 is 0. The summed E-state index contributed by atoms with van der Waals surface area (Å²) in [5.74, 6) is 0. The van der Waals surface area contributed by atoms with Crippen molar-refractivity contribution in [2.75, 3.05) is 95.6 Å². The molecule has 0 aliphatic rings. The molecule has 0 amide bonds. The van der Waals surface area contributed by atoms with Crippen molar-refractivity contribution in [2.24, 2.45) is 0 Å². The monoisotopic (exact) mass is 1050 g/mol. The second kappa shape index (κ2) is 72.2. The Kier molecular flexibility index (Phi) is 91.1. The zero-order chi connectivity index (χ0) is 48.7. The van der Waals surface area contributed by atoms with Crippen LogP contribution in [0.25, 0.3) is 0 Å². The highest BCUT2D eigenvalue weighted by atomic mass is 35.5. The van der Waals surface area contributed by atoms with Gasteiger partial charge in [0.1, 0.15) is 0 Å². The van der Waals surface area contributed by atoms with E-state index in [1.54, 1.807) is 0 Å². The molecule has 0 aliphatic carbocycles. The van der Waals surface area contributed by atoms with Crippen LogP contribution in [-0.4, -0.2) is 114 Å². The molecular weight excluding hydrogens is 918 g/mol. The number of hydrogen-bond acceptors (Lipinski definition) is 2. The van der Waals surface area contributed by atoms with Gasteiger partial charge >= 0.3 is 0 Å². The number of unbranched alkanes of at least 4 members (excludes halogenated alkanes) is 34. The molecule has 0 rings (SSSR count). The zero-order valence-corrected chi connectivity index (χ0v) is 53.0. The van der Waals surface area contributed by atoms with E-state index in [2.05, 4.69) is 108 Å². The van der Waals surface area contributed by atoms with E-state index in [0.29, 0.717) is 0 Å². The molecule has 0 heterocycles. The van der Waals surface area contributed by atoms with Crippen LogP contribution in [0.4, 0.5) is 0 Å². The molecule has 0 N–H and O–H groups in total. The van der Waals surface area contributed by atoms with Gasteiger partial charge in [-0.2, -0.15) is 0 Å². The van der Waals surface area contributed by atoms with E-state index in [1.165, 1.54) is 305 Å². The van der Waals surface area contributed by atoms with Crippen LogP contribution in [-0.2, 0) is 0 Å². The number of halogens is 4. The first-order valence-electron chi connectivity index (χ1n) is 29.7. The predicted molar refractivity (Wildman–Crippen MR) is 314 cm³/mol. The van der Waals surface area contributed by atoms with E-state index in [1.807, 2.05) is 0 Å². The molecule has 0 aromatic heterocycles. The van der Waals surface area contributed by atoms with E-state index in [0.717, 1.165) is 0 Å². The summed E-state index contributed by atoms with van der Waals surface area (Å²) in [5.41, 5.74) is 0. The lowest BCUT2D eigenvalue weighted by atomic mass is 10.1. The van der Waals surface area contributed by atoms with Gasteiger partial charge in [-0.15, -0.1) is 24.8 Å². The summed E-state index contributed by atoms with van der Waals surface area (Å²) in [7, 11) is 18.3. The zero-order valence-electron chi connectivity index (χ0n) is 49.9. The molecular formula is C60H136Cl4N4. The van der Waals surface area contributed by atoms with E-state index in [4.69, 9.17) is 0 Å². The first kappa shape index (κ1) is 85.7. The van der Waals surface area contributed by atoms with E-state index < -0.39 is 0 Å². The molecule has 0 radical (unpaired) electrons. The molecule has 8 heteroatoms. The molecule has 0 fully saturated rings. The van der Waals surface area contributed by atoms with Crippen LogP contribution < -0.4 is 24.8 Å². The van der Waals surface area contributed by atoms with Crippen LogP contribution in [0, 0.1) is 0 Å². The number of nitrogens with zero attached hydrogens (tertiary/aromatic N) is 4. The van der Waals surface area contributed by atoms with Crippen molar-refractivity contribution in [2.45, 2.75) is 298 Å². The van der Waals surface area contributed by atoms with E-state index >= 15 is 0 Å². The van der Waals surface area contributed by atoms with Crippen LogP contribution in [0.5, 0.6) is 0 Å². The molecule has 0 saturated carbocycles. The van der Waals surface area contributed by atoms with Gasteiger partial charge in [0.05, 0.1) is 54.4 Å². The van der Waals surface area contributed by atoms with Gasteiger partial charge in [0.25, 0.3) is 0 Å². The summed E-state index contributed by atoms with van der Waals surface area (Å²) in [6.07, 6.45) is 57.0. The first-order chi connectivity index (χ1) is 30.8. The molecule has 68 heavy (non-hydrogen) atoms. The van der Waals surface area contributed by atoms with Crippen molar-refractivity contribution in [3.8, 4) is 0 Å². The standard InChI is InChI=1S/2C20H44N.2C10H23N.4ClH/c2*1-5-7-9-11-13-14-16-18-20-21(3,4)19-17-15-12-10-8-6-2;2*1-4-5-6-7-8-9-10-11(2)3;;;;/h2*5-20H2,1-4H3;2*4-10H2,1-3H3;4*1H/q2*+1;;;;;;/p-2. The lowest BCUT2D eigenvalue weighted by Crippen LogP contribution is -3.00. The lowest BCUT2D eigenvalue weighted by molar-refractivity contribution is -0.890. The third-order valence-corrected chi connectivity index (χ3v) is 13.4. The SMILES string of the molecule is CCCCCCCCCC[N+](C)(C)CCCCCCCC.CCCCCCCCCC[N+](C)(C)CCCCCCCC.CCCCCCCCN(C)C.CCCCCCCCN(C)C.Cl.Cl.[Cl-].[Cl-]. The van der Waals surface area contributed by atoms with Gasteiger partial charge in [0.2, 0.25) is 0 Å². The Morgan fingerprint density at radius 3 is 0.500 bits per heavy atom. The Morgan fingerprint density at radius 1 is 0.221 bits per heavy atom. The van der Waals surface area contributed by atoms with Gasteiger partial charge in [0.15, 0.2) is 0 Å². The summed E-state index contributed by atoms with van der Waals surface area (Å²) in [6, 6.07) is 0. The highest BCUT2D eigenvalue weighted by Crippen LogP contribution is 2.14. The molecule has 0 aromatic carbocycles. The van der Waals surface area contributed by atoms with Crippen molar-refractivity contribution in [3.05, 3.63) is 0 Å². The van der Waals surface area contributed by atoms with Gasteiger partial charge in [0, 0.05) is 0 Å². The lowest BCUT2D eigenvalue weighted by Gasteiger charge is -2.30. The first-order valence-corrected chi connectivity index (χ1v) is 29.7. The Labute approximate surface area is 459 Å². The normalized spacial score (nSPS) is 10.9. The Morgan fingerprint density at radius 2 is 0.353 bits per heavy atom. The number of quaternary nitrogens is 2. The van der Waals surface area contributed by atoms with Gasteiger partial charge in [-0.05, 0) is 105 Å². The summed E-state index contributed by atoms with van der Waals surface area (Å²) < 4.78 is 2.48. The van der Waals surface area contributed by atoms with Crippen LogP contribution in [0.15, 0.2) is 0 Å². The van der Waals surface area contributed by atoms with Crippen molar-refractivity contribution >= 4 is 24.8 Å². The van der Waals surface area contributed by atoms with Crippen LogP contribution >= 0.6 is 24.8 Å². The average molecular weight is 1060 g/mol. The minimum Gasteiger partial charge on any atom is -1.00 e. The third-order valence-electron chi connectivity index (χ3n) is 13.4. The minimum absolute atomic E-state index is 0. The second-order valence-corrected chi connectivity index (χ2v) is 22.4. The van der Waals surface area contributed by atoms with E-state index in [9.17, 15) is 0 Å². The Balaban J connectivity index is -0.000000120. The fourth-order valence-electron chi connectivity index (χ4n) is 8.63. The van der Waals surface area contributed by atoms with E-state index in [-0.39, 0.29) is 49.6 Å². The average Bonchev–Trinajstić information content (AvgIpc) is 3.25. The van der Waals surface area contributed by atoms with Crippen LogP contribution in [0.1, 0.15) is 298 Å². The maximum Gasteiger partial charge on any atom is 0.0782 e. The van der Waals surface area contributed by atoms with Gasteiger partial charge in [-0.3, -0.25) is 0 Å². The maximum absolute atomic E-state index is 2.42. The Hall–Kier alpha value is 1.00. The fourth-order valence-corrected chi connectivity index (χ4v) is 8.63. The maximum atomic E-state index is 2.42. The summed E-state index contributed by atoms with van der Waals surface area (Å²) in [5, 5.41) is 0. The van der Waals surface area contributed by atoms with Gasteiger partial charge in [-0.25, -0.2) is 0 Å². The molecule has 424 valence electrons. The fraction of sp³-hybridized carbons (Fsp3) is 1.00.